The van der Waals surface area contributed by atoms with Crippen molar-refractivity contribution in [1.29, 1.82) is 0 Å². The molecule has 0 aromatic heterocycles. The molecule has 2 heterocycles. The van der Waals surface area contributed by atoms with Crippen LogP contribution >= 0.6 is 12.2 Å². The number of hydrogen-bond donors (Lipinski definition) is 0. The zero-order valence-electron chi connectivity index (χ0n) is 7.86. The largest absolute Gasteiger partial charge is 0.454 e. The summed E-state index contributed by atoms with van der Waals surface area (Å²) in [6, 6.07) is 5.72. The fraction of sp³-hybridized carbons (Fsp3) is 0.182. The number of hydrogen-bond acceptors (Lipinski definition) is 4. The lowest BCUT2D eigenvalue weighted by atomic mass is 10.1. The fourth-order valence-corrected chi connectivity index (χ4v) is 1.78. The van der Waals surface area contributed by atoms with E-state index in [-0.39, 0.29) is 6.79 Å². The van der Waals surface area contributed by atoms with Gasteiger partial charge < -0.3 is 14.2 Å². The van der Waals surface area contributed by atoms with E-state index >= 15 is 0 Å². The molecule has 1 aromatic rings. The van der Waals surface area contributed by atoms with Crippen LogP contribution in [0.25, 0.3) is 5.76 Å². The third-order valence-corrected chi connectivity index (χ3v) is 2.59. The van der Waals surface area contributed by atoms with E-state index in [4.69, 9.17) is 26.4 Å². The Labute approximate surface area is 92.3 Å². The first-order valence-corrected chi connectivity index (χ1v) is 5.04. The summed E-state index contributed by atoms with van der Waals surface area (Å²) in [5.41, 5.74) is 0.971. The molecule has 0 N–H and O–H groups in total. The van der Waals surface area contributed by atoms with E-state index < -0.39 is 0 Å². The van der Waals surface area contributed by atoms with Gasteiger partial charge in [-0.15, -0.1) is 0 Å². The molecule has 0 radical (unpaired) electrons. The van der Waals surface area contributed by atoms with E-state index in [1.165, 1.54) is 0 Å². The van der Waals surface area contributed by atoms with Crippen molar-refractivity contribution >= 4 is 23.0 Å². The minimum absolute atomic E-state index is 0.289. The number of rotatable bonds is 1. The lowest BCUT2D eigenvalue weighted by molar-refractivity contribution is 0.174. The average molecular weight is 220 g/mol. The van der Waals surface area contributed by atoms with Crippen LogP contribution in [-0.2, 0) is 4.74 Å². The maximum absolute atomic E-state index is 5.40. The first-order valence-electron chi connectivity index (χ1n) is 4.64. The number of fused-ring (bicyclic) bond motifs is 1. The van der Waals surface area contributed by atoms with Gasteiger partial charge in [-0.05, 0) is 36.5 Å². The van der Waals surface area contributed by atoms with Crippen LogP contribution in [0.4, 0.5) is 0 Å². The van der Waals surface area contributed by atoms with Gasteiger partial charge in [0.15, 0.2) is 16.5 Å². The Morgan fingerprint density at radius 3 is 2.80 bits per heavy atom. The molecule has 4 heteroatoms. The van der Waals surface area contributed by atoms with Crippen LogP contribution in [0.15, 0.2) is 24.3 Å². The van der Waals surface area contributed by atoms with Crippen molar-refractivity contribution in [3.8, 4) is 11.5 Å². The summed E-state index contributed by atoms with van der Waals surface area (Å²) < 4.78 is 15.9. The van der Waals surface area contributed by atoms with Gasteiger partial charge in [-0.1, -0.05) is 0 Å². The SMILES string of the molecule is S=C1CC=C(c2ccc3c(c2)OCO3)O1. The normalized spacial score (nSPS) is 17.6. The quantitative estimate of drug-likeness (QED) is 0.680. The molecule has 0 amide bonds. The average Bonchev–Trinajstić information content (AvgIpc) is 2.84. The van der Waals surface area contributed by atoms with Gasteiger partial charge in [0.05, 0.1) is 0 Å². The summed E-state index contributed by atoms with van der Waals surface area (Å²) in [7, 11) is 0. The third kappa shape index (κ3) is 1.47. The second kappa shape index (κ2) is 3.24. The van der Waals surface area contributed by atoms with Crippen LogP contribution in [0.5, 0.6) is 11.5 Å². The summed E-state index contributed by atoms with van der Waals surface area (Å²) in [6.45, 7) is 0.289. The van der Waals surface area contributed by atoms with Crippen molar-refractivity contribution in [3.05, 3.63) is 29.8 Å². The first kappa shape index (κ1) is 8.73. The molecule has 3 nitrogen and oxygen atoms in total. The van der Waals surface area contributed by atoms with Crippen molar-refractivity contribution in [2.45, 2.75) is 6.42 Å². The highest BCUT2D eigenvalue weighted by molar-refractivity contribution is 7.80. The molecule has 0 atom stereocenters. The predicted octanol–water partition coefficient (Wildman–Crippen LogP) is 2.50. The Morgan fingerprint density at radius 2 is 2.00 bits per heavy atom. The minimum atomic E-state index is 0.289. The van der Waals surface area contributed by atoms with Crippen LogP contribution in [-0.4, -0.2) is 11.8 Å². The highest BCUT2D eigenvalue weighted by atomic mass is 32.1. The molecule has 0 spiro atoms. The third-order valence-electron chi connectivity index (χ3n) is 2.34. The molecule has 0 unspecified atom stereocenters. The van der Waals surface area contributed by atoms with Crippen molar-refractivity contribution in [3.63, 3.8) is 0 Å². The van der Waals surface area contributed by atoms with Crippen LogP contribution in [0.2, 0.25) is 0 Å². The van der Waals surface area contributed by atoms with E-state index in [2.05, 4.69) is 0 Å². The molecule has 0 saturated carbocycles. The van der Waals surface area contributed by atoms with Gasteiger partial charge in [0.25, 0.3) is 0 Å². The van der Waals surface area contributed by atoms with Gasteiger partial charge in [0.1, 0.15) is 5.76 Å². The summed E-state index contributed by atoms with van der Waals surface area (Å²) in [6.07, 6.45) is 2.68. The molecule has 0 bridgehead atoms. The van der Waals surface area contributed by atoms with Crippen LogP contribution < -0.4 is 9.47 Å². The predicted molar refractivity (Wildman–Crippen MR) is 58.8 cm³/mol. The van der Waals surface area contributed by atoms with E-state index in [1.807, 2.05) is 24.3 Å². The standard InChI is InChI=1S/C11H8O3S/c15-11-4-3-8(14-11)7-1-2-9-10(5-7)13-6-12-9/h1-3,5H,4,6H2. The summed E-state index contributed by atoms with van der Waals surface area (Å²) >= 11 is 4.97. The number of thiocarbonyl (C=S) groups is 1. The second-order valence-corrected chi connectivity index (χ2v) is 3.77. The van der Waals surface area contributed by atoms with E-state index in [0.717, 1.165) is 22.8 Å². The van der Waals surface area contributed by atoms with Crippen molar-refractivity contribution in [2.75, 3.05) is 6.79 Å². The highest BCUT2D eigenvalue weighted by Crippen LogP contribution is 2.35. The van der Waals surface area contributed by atoms with Crippen LogP contribution in [0, 0.1) is 0 Å². The molecule has 2 aliphatic rings. The zero-order valence-corrected chi connectivity index (χ0v) is 8.67. The van der Waals surface area contributed by atoms with Crippen molar-refractivity contribution < 1.29 is 14.2 Å². The Bertz CT molecular complexity index is 465. The van der Waals surface area contributed by atoms with Gasteiger partial charge in [0.2, 0.25) is 6.79 Å². The highest BCUT2D eigenvalue weighted by Gasteiger charge is 2.18. The maximum atomic E-state index is 5.40. The Kier molecular flexibility index (Phi) is 1.89. The lowest BCUT2D eigenvalue weighted by Crippen LogP contribution is -1.93. The number of benzene rings is 1. The Hall–Kier alpha value is -1.55. The molecular weight excluding hydrogens is 212 g/mol. The smallest absolute Gasteiger partial charge is 0.231 e. The van der Waals surface area contributed by atoms with E-state index in [0.29, 0.717) is 11.5 Å². The Morgan fingerprint density at radius 1 is 1.13 bits per heavy atom. The molecule has 0 aliphatic carbocycles. The van der Waals surface area contributed by atoms with Gasteiger partial charge in [-0.3, -0.25) is 0 Å². The second-order valence-electron chi connectivity index (χ2n) is 3.31. The molecule has 15 heavy (non-hydrogen) atoms. The van der Waals surface area contributed by atoms with Gasteiger partial charge in [-0.2, -0.15) is 0 Å². The van der Waals surface area contributed by atoms with Crippen molar-refractivity contribution in [2.24, 2.45) is 0 Å². The molecule has 2 aliphatic heterocycles. The molecular formula is C11H8O3S. The molecule has 3 rings (SSSR count). The van der Waals surface area contributed by atoms with Gasteiger partial charge >= 0.3 is 0 Å². The fourth-order valence-electron chi connectivity index (χ4n) is 1.61. The van der Waals surface area contributed by atoms with Gasteiger partial charge in [0, 0.05) is 12.0 Å². The molecule has 1 aromatic carbocycles. The summed E-state index contributed by atoms with van der Waals surface area (Å²) in [5, 5.41) is 0.614. The monoisotopic (exact) mass is 220 g/mol. The van der Waals surface area contributed by atoms with E-state index in [9.17, 15) is 0 Å². The molecule has 76 valence electrons. The minimum Gasteiger partial charge on any atom is -0.454 e. The van der Waals surface area contributed by atoms with Crippen LogP contribution in [0.1, 0.15) is 12.0 Å². The van der Waals surface area contributed by atoms with Gasteiger partial charge in [-0.25, -0.2) is 0 Å². The van der Waals surface area contributed by atoms with Crippen molar-refractivity contribution in [1.82, 2.24) is 0 Å². The summed E-state index contributed by atoms with van der Waals surface area (Å²) in [4.78, 5) is 0. The first-order chi connectivity index (χ1) is 7.33. The Balaban J connectivity index is 1.96. The maximum Gasteiger partial charge on any atom is 0.231 e. The molecule has 0 saturated heterocycles. The topological polar surface area (TPSA) is 27.7 Å². The molecule has 0 fully saturated rings. The van der Waals surface area contributed by atoms with Crippen LogP contribution in [0.3, 0.4) is 0 Å². The number of ether oxygens (including phenoxy) is 3. The van der Waals surface area contributed by atoms with E-state index in [1.54, 1.807) is 0 Å². The zero-order chi connectivity index (χ0) is 10.3. The summed E-state index contributed by atoms with van der Waals surface area (Å²) in [5.74, 6) is 2.34. The lowest BCUT2D eigenvalue weighted by Gasteiger charge is -2.04.